The Kier molecular flexibility index (Phi) is 4.80. The van der Waals surface area contributed by atoms with Crippen molar-refractivity contribution in [3.63, 3.8) is 0 Å². The second kappa shape index (κ2) is 7.67. The minimum atomic E-state index is -1.16. The van der Waals surface area contributed by atoms with E-state index in [-0.39, 0.29) is 19.8 Å². The van der Waals surface area contributed by atoms with Gasteiger partial charge in [0.2, 0.25) is 6.79 Å². The Labute approximate surface area is 184 Å². The average Bonchev–Trinajstić information content (AvgIpc) is 3.50. The Morgan fingerprint density at radius 1 is 1.12 bits per heavy atom. The Bertz CT molecular complexity index is 1130. The molecule has 1 N–H and O–H groups in total. The highest BCUT2D eigenvalue weighted by Gasteiger charge is 2.48. The fourth-order valence-corrected chi connectivity index (χ4v) is 4.16. The van der Waals surface area contributed by atoms with Crippen molar-refractivity contribution in [1.82, 2.24) is 15.2 Å². The van der Waals surface area contributed by atoms with Crippen LogP contribution in [0.5, 0.6) is 11.5 Å². The van der Waals surface area contributed by atoms with Crippen LogP contribution in [-0.4, -0.2) is 58.9 Å². The maximum absolute atomic E-state index is 13.1. The topological polar surface area (TPSA) is 101 Å². The molecule has 1 saturated heterocycles. The number of carbonyl (C=O) groups excluding carboxylic acids is 3. The van der Waals surface area contributed by atoms with E-state index < -0.39 is 23.4 Å². The number of benzene rings is 2. The van der Waals surface area contributed by atoms with Crippen LogP contribution in [0.3, 0.4) is 0 Å². The molecule has 1 atom stereocenters. The predicted octanol–water partition coefficient (Wildman–Crippen LogP) is 1.90. The lowest BCUT2D eigenvalue weighted by Gasteiger charge is -2.22. The van der Waals surface area contributed by atoms with Gasteiger partial charge in [-0.15, -0.1) is 0 Å². The van der Waals surface area contributed by atoms with Gasteiger partial charge in [0, 0.05) is 12.8 Å². The Balaban J connectivity index is 1.27. The first-order valence-electron chi connectivity index (χ1n) is 10.4. The van der Waals surface area contributed by atoms with E-state index in [2.05, 4.69) is 10.4 Å². The Morgan fingerprint density at radius 2 is 1.91 bits per heavy atom. The highest BCUT2D eigenvalue weighted by Crippen LogP contribution is 2.34. The molecular weight excluding hydrogens is 412 g/mol. The molecule has 0 bridgehead atoms. The third-order valence-electron chi connectivity index (χ3n) is 5.83. The van der Waals surface area contributed by atoms with Crippen molar-refractivity contribution in [2.45, 2.75) is 25.3 Å². The molecule has 9 heteroatoms. The summed E-state index contributed by atoms with van der Waals surface area (Å²) in [6.07, 6.45) is 0.886. The van der Waals surface area contributed by atoms with Gasteiger partial charge in [-0.05, 0) is 30.2 Å². The van der Waals surface area contributed by atoms with Crippen molar-refractivity contribution >= 4 is 23.6 Å². The third-order valence-corrected chi connectivity index (χ3v) is 5.83. The molecule has 0 spiro atoms. The lowest BCUT2D eigenvalue weighted by Crippen LogP contribution is -2.46. The summed E-state index contributed by atoms with van der Waals surface area (Å²) in [5.74, 6) is 0.414. The van der Waals surface area contributed by atoms with Crippen molar-refractivity contribution in [2.75, 3.05) is 19.9 Å². The van der Waals surface area contributed by atoms with Gasteiger partial charge in [-0.2, -0.15) is 5.10 Å². The highest BCUT2D eigenvalue weighted by molar-refractivity contribution is 6.09. The van der Waals surface area contributed by atoms with E-state index in [0.717, 1.165) is 21.7 Å². The van der Waals surface area contributed by atoms with E-state index in [9.17, 15) is 14.4 Å². The summed E-state index contributed by atoms with van der Waals surface area (Å²) in [6, 6.07) is 14.4. The van der Waals surface area contributed by atoms with Crippen LogP contribution in [0.15, 0.2) is 53.6 Å². The molecule has 5 rings (SSSR count). The number of nitrogens with one attached hydrogen (secondary N) is 1. The standard InChI is InChI=1S/C23H22N4O5/c1-23(12-15-7-8-18-19(11-15)32-14-31-18)21(29)26(22(30)24-23)13-20(28)27-10-9-17(25-27)16-5-3-2-4-6-16/h2-8,11H,9-10,12-14H2,1H3,(H,24,30)/t23-/m1/s1. The van der Waals surface area contributed by atoms with Gasteiger partial charge in [0.05, 0.1) is 12.3 Å². The number of ether oxygens (including phenoxy) is 2. The predicted molar refractivity (Wildman–Crippen MR) is 114 cm³/mol. The highest BCUT2D eigenvalue weighted by atomic mass is 16.7. The van der Waals surface area contributed by atoms with Gasteiger partial charge in [-0.3, -0.25) is 14.5 Å². The monoisotopic (exact) mass is 434 g/mol. The first-order valence-corrected chi connectivity index (χ1v) is 10.4. The van der Waals surface area contributed by atoms with Gasteiger partial charge in [-0.25, -0.2) is 9.80 Å². The Morgan fingerprint density at radius 3 is 2.72 bits per heavy atom. The maximum atomic E-state index is 13.1. The molecule has 2 aromatic rings. The van der Waals surface area contributed by atoms with Crippen molar-refractivity contribution in [2.24, 2.45) is 5.10 Å². The fourth-order valence-electron chi connectivity index (χ4n) is 4.16. The van der Waals surface area contributed by atoms with Gasteiger partial charge in [0.1, 0.15) is 12.1 Å². The minimum absolute atomic E-state index is 0.159. The number of hydrazone groups is 1. The molecule has 3 aliphatic heterocycles. The van der Waals surface area contributed by atoms with E-state index in [1.807, 2.05) is 36.4 Å². The van der Waals surface area contributed by atoms with Crippen LogP contribution in [0.25, 0.3) is 0 Å². The van der Waals surface area contributed by atoms with Crippen LogP contribution in [0, 0.1) is 0 Å². The fraction of sp³-hybridized carbons (Fsp3) is 0.304. The van der Waals surface area contributed by atoms with Gasteiger partial charge in [-0.1, -0.05) is 36.4 Å². The van der Waals surface area contributed by atoms with Crippen LogP contribution in [0.1, 0.15) is 24.5 Å². The van der Waals surface area contributed by atoms with Crippen LogP contribution in [0.4, 0.5) is 4.79 Å². The lowest BCUT2D eigenvalue weighted by atomic mass is 9.92. The lowest BCUT2D eigenvalue weighted by molar-refractivity contribution is -0.138. The largest absolute Gasteiger partial charge is 0.454 e. The molecular formula is C23H22N4O5. The van der Waals surface area contributed by atoms with Gasteiger partial charge in [0.15, 0.2) is 11.5 Å². The smallest absolute Gasteiger partial charge is 0.325 e. The van der Waals surface area contributed by atoms with Crippen molar-refractivity contribution < 1.29 is 23.9 Å². The molecule has 3 aliphatic rings. The summed E-state index contributed by atoms with van der Waals surface area (Å²) in [5.41, 5.74) is 1.42. The van der Waals surface area contributed by atoms with E-state index in [1.165, 1.54) is 5.01 Å². The SMILES string of the molecule is C[C@]1(Cc2ccc3c(c2)OCO3)NC(=O)N(CC(=O)N2CCC(c3ccccc3)=N2)C1=O. The summed E-state index contributed by atoms with van der Waals surface area (Å²) in [4.78, 5) is 39.4. The first kappa shape index (κ1) is 20.0. The molecule has 0 aliphatic carbocycles. The summed E-state index contributed by atoms with van der Waals surface area (Å²) in [6.45, 7) is 1.88. The molecule has 0 radical (unpaired) electrons. The average molecular weight is 434 g/mol. The van der Waals surface area contributed by atoms with Gasteiger partial charge < -0.3 is 14.8 Å². The number of hydrogen-bond donors (Lipinski definition) is 1. The quantitative estimate of drug-likeness (QED) is 0.725. The zero-order valence-corrected chi connectivity index (χ0v) is 17.5. The molecule has 2 aromatic carbocycles. The van der Waals surface area contributed by atoms with Crippen LogP contribution in [0.2, 0.25) is 0 Å². The molecule has 0 aromatic heterocycles. The number of nitrogens with zero attached hydrogens (tertiary/aromatic N) is 3. The molecule has 32 heavy (non-hydrogen) atoms. The number of urea groups is 1. The zero-order chi connectivity index (χ0) is 22.3. The number of imide groups is 1. The number of rotatable bonds is 5. The van der Waals surface area contributed by atoms with Crippen LogP contribution >= 0.6 is 0 Å². The molecule has 164 valence electrons. The molecule has 9 nitrogen and oxygen atoms in total. The van der Waals surface area contributed by atoms with Gasteiger partial charge in [0.25, 0.3) is 11.8 Å². The molecule has 3 heterocycles. The van der Waals surface area contributed by atoms with Crippen LogP contribution in [-0.2, 0) is 16.0 Å². The Hall–Kier alpha value is -3.88. The van der Waals surface area contributed by atoms with Crippen molar-refractivity contribution in [3.05, 3.63) is 59.7 Å². The van der Waals surface area contributed by atoms with Crippen molar-refractivity contribution in [3.8, 4) is 11.5 Å². The summed E-state index contributed by atoms with van der Waals surface area (Å²) in [7, 11) is 0. The number of hydrogen-bond acceptors (Lipinski definition) is 6. The minimum Gasteiger partial charge on any atom is -0.454 e. The molecule has 1 fully saturated rings. The van der Waals surface area contributed by atoms with E-state index in [0.29, 0.717) is 24.5 Å². The number of carbonyl (C=O) groups is 3. The van der Waals surface area contributed by atoms with Crippen molar-refractivity contribution in [1.29, 1.82) is 0 Å². The second-order valence-corrected chi connectivity index (χ2v) is 8.20. The third kappa shape index (κ3) is 3.55. The molecule has 0 saturated carbocycles. The zero-order valence-electron chi connectivity index (χ0n) is 17.5. The first-order chi connectivity index (χ1) is 15.4. The summed E-state index contributed by atoms with van der Waals surface area (Å²) in [5, 5.41) is 8.46. The summed E-state index contributed by atoms with van der Waals surface area (Å²) >= 11 is 0. The van der Waals surface area contributed by atoms with Crippen LogP contribution < -0.4 is 14.8 Å². The second-order valence-electron chi connectivity index (χ2n) is 8.20. The molecule has 0 unspecified atom stereocenters. The van der Waals surface area contributed by atoms with E-state index >= 15 is 0 Å². The number of fused-ring (bicyclic) bond motifs is 1. The number of amides is 4. The van der Waals surface area contributed by atoms with E-state index in [4.69, 9.17) is 9.47 Å². The summed E-state index contributed by atoms with van der Waals surface area (Å²) < 4.78 is 10.7. The normalized spacial score (nSPS) is 21.7. The van der Waals surface area contributed by atoms with E-state index in [1.54, 1.807) is 19.1 Å². The van der Waals surface area contributed by atoms with Gasteiger partial charge >= 0.3 is 6.03 Å². The maximum Gasteiger partial charge on any atom is 0.325 e. The molecule has 4 amide bonds.